The molecular formula is C20H29N3O5. The Kier molecular flexibility index (Phi) is 7.11. The van der Waals surface area contributed by atoms with Crippen molar-refractivity contribution in [2.24, 2.45) is 0 Å². The minimum Gasteiger partial charge on any atom is -0.493 e. The smallest absolute Gasteiger partial charge is 0.256 e. The normalized spacial score (nSPS) is 19.8. The van der Waals surface area contributed by atoms with Gasteiger partial charge in [-0.15, -0.1) is 0 Å². The molecule has 1 atom stereocenters. The van der Waals surface area contributed by atoms with Crippen molar-refractivity contribution in [1.29, 1.82) is 0 Å². The number of anilines is 1. The van der Waals surface area contributed by atoms with E-state index < -0.39 is 0 Å². The zero-order valence-corrected chi connectivity index (χ0v) is 16.6. The molecule has 0 spiro atoms. The highest BCUT2D eigenvalue weighted by Crippen LogP contribution is 2.34. The topological polar surface area (TPSA) is 89.1 Å². The molecule has 3 rings (SSSR count). The van der Waals surface area contributed by atoms with Gasteiger partial charge in [0.05, 0.1) is 38.7 Å². The Morgan fingerprint density at radius 1 is 1.18 bits per heavy atom. The molecule has 2 heterocycles. The summed E-state index contributed by atoms with van der Waals surface area (Å²) in [7, 11) is 3.05. The minimum absolute atomic E-state index is 0.0323. The van der Waals surface area contributed by atoms with E-state index in [0.717, 1.165) is 38.9 Å². The summed E-state index contributed by atoms with van der Waals surface area (Å²) >= 11 is 0. The van der Waals surface area contributed by atoms with Crippen LogP contribution in [0.4, 0.5) is 5.69 Å². The van der Waals surface area contributed by atoms with Crippen LogP contribution in [0.3, 0.4) is 0 Å². The molecule has 0 aliphatic carbocycles. The van der Waals surface area contributed by atoms with Crippen LogP contribution in [0.25, 0.3) is 0 Å². The Bertz CT molecular complexity index is 697. The first-order valence-electron chi connectivity index (χ1n) is 9.78. The summed E-state index contributed by atoms with van der Waals surface area (Å²) in [6, 6.07) is 3.27. The standard InChI is InChI=1S/C20H29N3O5/c1-26-17-11-15(20(25)23-7-4-3-5-8-23)16(12-18(17)27-2)22-19(24)10-14-13-28-9-6-21-14/h11-12,14,21H,3-10,13H2,1-2H3,(H,22,24). The lowest BCUT2D eigenvalue weighted by Crippen LogP contribution is -2.43. The summed E-state index contributed by atoms with van der Waals surface area (Å²) in [4.78, 5) is 27.5. The van der Waals surface area contributed by atoms with Crippen LogP contribution in [0, 0.1) is 0 Å². The largest absolute Gasteiger partial charge is 0.493 e. The maximum atomic E-state index is 13.1. The SMILES string of the molecule is COc1cc(NC(=O)CC2COCCN2)c(C(=O)N2CCCCC2)cc1OC. The van der Waals surface area contributed by atoms with E-state index in [-0.39, 0.29) is 24.3 Å². The Morgan fingerprint density at radius 2 is 1.89 bits per heavy atom. The van der Waals surface area contributed by atoms with E-state index in [1.807, 2.05) is 4.90 Å². The van der Waals surface area contributed by atoms with Crippen LogP contribution in [-0.4, -0.2) is 69.8 Å². The number of piperidine rings is 1. The molecule has 2 amide bonds. The molecule has 2 saturated heterocycles. The number of ether oxygens (including phenoxy) is 3. The quantitative estimate of drug-likeness (QED) is 0.767. The predicted octanol–water partition coefficient (Wildman–Crippen LogP) is 1.65. The Morgan fingerprint density at radius 3 is 2.54 bits per heavy atom. The first-order valence-corrected chi connectivity index (χ1v) is 9.78. The van der Waals surface area contributed by atoms with Crippen molar-refractivity contribution >= 4 is 17.5 Å². The molecule has 2 fully saturated rings. The summed E-state index contributed by atoms with van der Waals surface area (Å²) in [5.74, 6) is 0.647. The third kappa shape index (κ3) is 4.94. The van der Waals surface area contributed by atoms with Crippen molar-refractivity contribution in [3.63, 3.8) is 0 Å². The van der Waals surface area contributed by atoms with Crippen LogP contribution in [0.1, 0.15) is 36.0 Å². The number of hydrogen-bond donors (Lipinski definition) is 2. The summed E-state index contributed by atoms with van der Waals surface area (Å²) < 4.78 is 16.1. The van der Waals surface area contributed by atoms with Crippen LogP contribution >= 0.6 is 0 Å². The van der Waals surface area contributed by atoms with Crippen molar-refractivity contribution in [2.45, 2.75) is 31.7 Å². The highest BCUT2D eigenvalue weighted by Gasteiger charge is 2.25. The number of methoxy groups -OCH3 is 2. The Hall–Kier alpha value is -2.32. The third-order valence-electron chi connectivity index (χ3n) is 5.10. The van der Waals surface area contributed by atoms with Gasteiger partial charge in [-0.1, -0.05) is 0 Å². The number of nitrogens with zero attached hydrogens (tertiary/aromatic N) is 1. The molecule has 2 N–H and O–H groups in total. The second-order valence-electron chi connectivity index (χ2n) is 7.08. The molecular weight excluding hydrogens is 362 g/mol. The van der Waals surface area contributed by atoms with E-state index in [1.54, 1.807) is 12.1 Å². The van der Waals surface area contributed by atoms with E-state index in [2.05, 4.69) is 10.6 Å². The fourth-order valence-electron chi connectivity index (χ4n) is 3.60. The third-order valence-corrected chi connectivity index (χ3v) is 5.10. The molecule has 0 saturated carbocycles. The molecule has 8 heteroatoms. The molecule has 1 aromatic rings. The van der Waals surface area contributed by atoms with Gasteiger partial charge in [0.25, 0.3) is 5.91 Å². The number of benzene rings is 1. The minimum atomic E-state index is -0.178. The number of morpholine rings is 1. The second kappa shape index (κ2) is 9.75. The van der Waals surface area contributed by atoms with Gasteiger partial charge in [0.15, 0.2) is 11.5 Å². The van der Waals surface area contributed by atoms with E-state index in [0.29, 0.717) is 36.0 Å². The van der Waals surface area contributed by atoms with Gasteiger partial charge < -0.3 is 29.7 Å². The Labute approximate surface area is 165 Å². The molecule has 1 aromatic carbocycles. The summed E-state index contributed by atoms with van der Waals surface area (Å²) in [5, 5.41) is 6.15. The van der Waals surface area contributed by atoms with Crippen molar-refractivity contribution in [2.75, 3.05) is 52.4 Å². The summed E-state index contributed by atoms with van der Waals surface area (Å²) in [6.07, 6.45) is 3.39. The number of carbonyl (C=O) groups excluding carboxylic acids is 2. The zero-order valence-electron chi connectivity index (χ0n) is 16.6. The van der Waals surface area contributed by atoms with Crippen molar-refractivity contribution in [3.05, 3.63) is 17.7 Å². The van der Waals surface area contributed by atoms with Crippen molar-refractivity contribution < 1.29 is 23.8 Å². The van der Waals surface area contributed by atoms with Crippen LogP contribution in [0.2, 0.25) is 0 Å². The zero-order chi connectivity index (χ0) is 19.9. The number of hydrogen-bond acceptors (Lipinski definition) is 6. The van der Waals surface area contributed by atoms with Gasteiger partial charge >= 0.3 is 0 Å². The van der Waals surface area contributed by atoms with Gasteiger partial charge in [-0.05, 0) is 25.3 Å². The monoisotopic (exact) mass is 391 g/mol. The van der Waals surface area contributed by atoms with Crippen LogP contribution in [0.5, 0.6) is 11.5 Å². The highest BCUT2D eigenvalue weighted by molar-refractivity contribution is 6.04. The highest BCUT2D eigenvalue weighted by atomic mass is 16.5. The lowest BCUT2D eigenvalue weighted by atomic mass is 10.1. The van der Waals surface area contributed by atoms with Gasteiger partial charge in [0.1, 0.15) is 0 Å². The fourth-order valence-corrected chi connectivity index (χ4v) is 3.60. The number of likely N-dealkylation sites (tertiary alicyclic amines) is 1. The first kappa shape index (κ1) is 20.4. The molecule has 2 aliphatic rings. The molecule has 2 aliphatic heterocycles. The lowest BCUT2D eigenvalue weighted by Gasteiger charge is -2.28. The average Bonchev–Trinajstić information content (AvgIpc) is 2.74. The second-order valence-corrected chi connectivity index (χ2v) is 7.08. The Balaban J connectivity index is 1.82. The van der Waals surface area contributed by atoms with E-state index in [1.165, 1.54) is 14.2 Å². The molecule has 28 heavy (non-hydrogen) atoms. The first-order chi connectivity index (χ1) is 13.6. The van der Waals surface area contributed by atoms with Gasteiger partial charge in [0.2, 0.25) is 5.91 Å². The molecule has 8 nitrogen and oxygen atoms in total. The average molecular weight is 391 g/mol. The van der Waals surface area contributed by atoms with Gasteiger partial charge in [-0.25, -0.2) is 0 Å². The van der Waals surface area contributed by atoms with E-state index in [4.69, 9.17) is 14.2 Å². The van der Waals surface area contributed by atoms with Gasteiger partial charge in [-0.2, -0.15) is 0 Å². The number of carbonyl (C=O) groups is 2. The van der Waals surface area contributed by atoms with Crippen molar-refractivity contribution in [3.8, 4) is 11.5 Å². The fraction of sp³-hybridized carbons (Fsp3) is 0.600. The van der Waals surface area contributed by atoms with Crippen LogP contribution in [-0.2, 0) is 9.53 Å². The molecule has 0 bridgehead atoms. The summed E-state index contributed by atoms with van der Waals surface area (Å²) in [6.45, 7) is 3.34. The maximum absolute atomic E-state index is 13.1. The molecule has 0 radical (unpaired) electrons. The van der Waals surface area contributed by atoms with Crippen LogP contribution in [0.15, 0.2) is 12.1 Å². The summed E-state index contributed by atoms with van der Waals surface area (Å²) in [5.41, 5.74) is 0.857. The predicted molar refractivity (Wildman–Crippen MR) is 105 cm³/mol. The number of nitrogens with one attached hydrogen (secondary N) is 2. The maximum Gasteiger partial charge on any atom is 0.256 e. The number of rotatable bonds is 6. The van der Waals surface area contributed by atoms with Gasteiger partial charge in [0, 0.05) is 38.2 Å². The van der Waals surface area contributed by atoms with E-state index >= 15 is 0 Å². The molecule has 1 unspecified atom stereocenters. The van der Waals surface area contributed by atoms with Crippen LogP contribution < -0.4 is 20.1 Å². The molecule has 0 aromatic heterocycles. The lowest BCUT2D eigenvalue weighted by molar-refractivity contribution is -0.117. The molecule has 154 valence electrons. The van der Waals surface area contributed by atoms with Crippen molar-refractivity contribution in [1.82, 2.24) is 10.2 Å². The van der Waals surface area contributed by atoms with Gasteiger partial charge in [-0.3, -0.25) is 9.59 Å². The van der Waals surface area contributed by atoms with E-state index in [9.17, 15) is 9.59 Å². The number of amides is 2.